The summed E-state index contributed by atoms with van der Waals surface area (Å²) in [5.41, 5.74) is -0.569. The lowest BCUT2D eigenvalue weighted by atomic mass is 9.41. The van der Waals surface area contributed by atoms with Crippen molar-refractivity contribution in [3.63, 3.8) is 0 Å². The Kier molecular flexibility index (Phi) is 14.2. The van der Waals surface area contributed by atoms with E-state index in [0.29, 0.717) is 18.8 Å². The molecule has 396 valence electrons. The summed E-state index contributed by atoms with van der Waals surface area (Å²) in [5, 5.41) is 114. The number of Topliss-reactive ketones (excluding diaryl/α,β-unsaturated/α-hetero) is 1. The standard InChI is InChI=1S/C49H80O20/c1-21(18-63-41-37(60)34(57)31(54)25(15-50)64-41)23(53)14-24-22(2)40-45(5)12-13-48-20-47(48)11-10-30(44(3,4)28(47)8-9-29(48)46(45,6)19-49(40,62-7)69-24)67-43-39(36(59)33(56)27(17-52)66-43)68-42-38(61)35(58)32(55)26(16-51)65-42/h21-22,24-43,50-52,54-61H,8-20H2,1-7H3/t21?,22-,24+,25-,26-,27-,28?,29+,30+,31-,32-,33-,34-,35+,36+,37-,38-,39-,40?,41-,42+,43+,45-,46+,47-,48+,49+/m1/s1. The molecule has 0 aromatic heterocycles. The molecule has 4 heterocycles. The van der Waals surface area contributed by atoms with E-state index in [-0.39, 0.29) is 58.2 Å². The van der Waals surface area contributed by atoms with Crippen molar-refractivity contribution in [2.45, 2.75) is 209 Å². The molecule has 4 aliphatic heterocycles. The fourth-order valence-corrected chi connectivity index (χ4v) is 16.6. The Morgan fingerprint density at radius 2 is 1.17 bits per heavy atom. The van der Waals surface area contributed by atoms with Gasteiger partial charge in [-0.1, -0.05) is 41.5 Å². The maximum atomic E-state index is 13.8. The van der Waals surface area contributed by atoms with Gasteiger partial charge in [0.1, 0.15) is 79.0 Å². The Labute approximate surface area is 403 Å². The minimum Gasteiger partial charge on any atom is -0.394 e. The van der Waals surface area contributed by atoms with Gasteiger partial charge in [-0.05, 0) is 89.8 Å². The topological polar surface area (TPSA) is 313 Å². The molecule has 9 aliphatic rings. The predicted molar refractivity (Wildman–Crippen MR) is 236 cm³/mol. The summed E-state index contributed by atoms with van der Waals surface area (Å²) in [6.07, 6.45) is -15.8. The van der Waals surface area contributed by atoms with Gasteiger partial charge in [-0.15, -0.1) is 0 Å². The van der Waals surface area contributed by atoms with Gasteiger partial charge in [-0.25, -0.2) is 0 Å². The van der Waals surface area contributed by atoms with E-state index in [9.17, 15) is 61.0 Å². The molecule has 3 unspecified atom stereocenters. The van der Waals surface area contributed by atoms with Gasteiger partial charge in [-0.2, -0.15) is 0 Å². The highest BCUT2D eigenvalue weighted by molar-refractivity contribution is 5.81. The van der Waals surface area contributed by atoms with Crippen molar-refractivity contribution in [3.05, 3.63) is 0 Å². The lowest BCUT2D eigenvalue weighted by Crippen LogP contribution is -2.65. The molecule has 0 amide bonds. The van der Waals surface area contributed by atoms with E-state index >= 15 is 0 Å². The number of aliphatic hydroxyl groups excluding tert-OH is 11. The normalized spacial score (nSPS) is 55.8. The van der Waals surface area contributed by atoms with Crippen molar-refractivity contribution in [3.8, 4) is 0 Å². The second-order valence-corrected chi connectivity index (χ2v) is 23.8. The molecular formula is C49H80O20. The lowest BCUT2D eigenvalue weighted by molar-refractivity contribution is -0.377. The summed E-state index contributed by atoms with van der Waals surface area (Å²) < 4.78 is 49.3. The molecule has 27 atom stereocenters. The van der Waals surface area contributed by atoms with Crippen LogP contribution in [0, 0.1) is 56.7 Å². The Morgan fingerprint density at radius 1 is 0.623 bits per heavy atom. The van der Waals surface area contributed by atoms with Crippen molar-refractivity contribution in [2.75, 3.05) is 33.5 Å². The van der Waals surface area contributed by atoms with Crippen molar-refractivity contribution in [1.29, 1.82) is 0 Å². The molecule has 69 heavy (non-hydrogen) atoms. The molecule has 0 aromatic rings. The molecule has 2 spiro atoms. The van der Waals surface area contributed by atoms with Gasteiger partial charge >= 0.3 is 0 Å². The van der Waals surface area contributed by atoms with Crippen molar-refractivity contribution in [2.24, 2.45) is 56.7 Å². The summed E-state index contributed by atoms with van der Waals surface area (Å²) in [6.45, 7) is 11.2. The average Bonchev–Trinajstić information content (AvgIpc) is 3.84. The zero-order chi connectivity index (χ0) is 50.1. The molecule has 5 aliphatic carbocycles. The number of carbonyl (C=O) groups excluding carboxylic acids is 1. The lowest BCUT2D eigenvalue weighted by Gasteiger charge is -2.63. The number of aliphatic hydroxyl groups is 11. The van der Waals surface area contributed by atoms with Crippen LogP contribution in [0.1, 0.15) is 99.3 Å². The summed E-state index contributed by atoms with van der Waals surface area (Å²) in [4.78, 5) is 13.8. The van der Waals surface area contributed by atoms with Crippen LogP contribution in [-0.4, -0.2) is 206 Å². The summed E-state index contributed by atoms with van der Waals surface area (Å²) in [6, 6.07) is 0. The molecule has 0 radical (unpaired) electrons. The molecule has 11 N–H and O–H groups in total. The fraction of sp³-hybridized carbons (Fsp3) is 0.980. The quantitative estimate of drug-likeness (QED) is 0.0915. The monoisotopic (exact) mass is 989 g/mol. The number of carbonyl (C=O) groups is 1. The molecule has 4 saturated heterocycles. The smallest absolute Gasteiger partial charge is 0.187 e. The highest BCUT2D eigenvalue weighted by Crippen LogP contribution is 2.90. The van der Waals surface area contributed by atoms with Crippen LogP contribution >= 0.6 is 0 Å². The van der Waals surface area contributed by atoms with Gasteiger partial charge in [0.05, 0.1) is 38.6 Å². The number of hydrogen-bond donors (Lipinski definition) is 11. The first-order valence-corrected chi connectivity index (χ1v) is 25.4. The van der Waals surface area contributed by atoms with Crippen LogP contribution < -0.4 is 0 Å². The van der Waals surface area contributed by atoms with Gasteiger partial charge in [0, 0.05) is 31.8 Å². The largest absolute Gasteiger partial charge is 0.394 e. The highest BCUT2D eigenvalue weighted by atomic mass is 16.8. The number of ether oxygens (including phenoxy) is 8. The van der Waals surface area contributed by atoms with Crippen molar-refractivity contribution in [1.82, 2.24) is 0 Å². The van der Waals surface area contributed by atoms with Crippen molar-refractivity contribution < 1.29 is 98.9 Å². The van der Waals surface area contributed by atoms with Crippen LogP contribution in [0.3, 0.4) is 0 Å². The summed E-state index contributed by atoms with van der Waals surface area (Å²) in [5.74, 6) is -0.919. The second kappa shape index (κ2) is 18.6. The first-order chi connectivity index (χ1) is 32.5. The third kappa shape index (κ3) is 7.82. The Morgan fingerprint density at radius 3 is 1.78 bits per heavy atom. The van der Waals surface area contributed by atoms with Crippen LogP contribution in [0.4, 0.5) is 0 Å². The summed E-state index contributed by atoms with van der Waals surface area (Å²) in [7, 11) is 1.72. The van der Waals surface area contributed by atoms with E-state index in [1.54, 1.807) is 14.0 Å². The van der Waals surface area contributed by atoms with Crippen LogP contribution in [0.15, 0.2) is 0 Å². The first-order valence-electron chi connectivity index (χ1n) is 25.4. The Bertz CT molecular complexity index is 1860. The third-order valence-electron chi connectivity index (χ3n) is 20.5. The maximum Gasteiger partial charge on any atom is 0.187 e. The molecule has 9 rings (SSSR count). The van der Waals surface area contributed by atoms with Gasteiger partial charge in [0.15, 0.2) is 24.7 Å². The van der Waals surface area contributed by atoms with Crippen molar-refractivity contribution >= 4 is 5.78 Å². The number of fused-ring (bicyclic) bond motifs is 4. The number of hydrogen-bond acceptors (Lipinski definition) is 20. The highest BCUT2D eigenvalue weighted by Gasteiger charge is 2.85. The number of ketones is 1. The zero-order valence-corrected chi connectivity index (χ0v) is 41.0. The van der Waals surface area contributed by atoms with E-state index in [4.69, 9.17) is 37.9 Å². The fourth-order valence-electron chi connectivity index (χ4n) is 16.6. The van der Waals surface area contributed by atoms with Crippen LogP contribution in [0.5, 0.6) is 0 Å². The summed E-state index contributed by atoms with van der Waals surface area (Å²) >= 11 is 0. The Hall–Kier alpha value is -1.09. The first kappa shape index (κ1) is 52.8. The number of methoxy groups -OCH3 is 1. The minimum absolute atomic E-state index is 0.00931. The molecule has 9 fully saturated rings. The van der Waals surface area contributed by atoms with Gasteiger partial charge < -0.3 is 94.1 Å². The predicted octanol–water partition coefficient (Wildman–Crippen LogP) is -1.17. The van der Waals surface area contributed by atoms with E-state index in [1.165, 1.54) is 0 Å². The number of rotatable bonds is 14. The SMILES string of the molecule is CO[C@]12C[C@@]3(C)[C@@H]4CCC5C(C)(C)[C@@H](O[C@@H]6O[C@H](CO)[C@@H](O)[C@H](O)[C@H]6O[C@@H]6O[C@H](CO)[C@@H](O)[C@H](O)[C@H]6O)CC[C@@]56C[C@@]46CC[C@]3(C)C1[C@H](C)[C@H](CC(=O)C(C)CO[C@@H]1O[C@H](CO)[C@@H](O)[C@@H](O)[C@H]1O)O2. The molecule has 20 nitrogen and oxygen atoms in total. The average molecular weight is 989 g/mol. The second-order valence-electron chi connectivity index (χ2n) is 23.8. The molecular weight excluding hydrogens is 909 g/mol. The molecule has 0 aromatic carbocycles. The van der Waals surface area contributed by atoms with Crippen LogP contribution in [0.2, 0.25) is 0 Å². The Balaban J connectivity index is 0.877. The zero-order valence-electron chi connectivity index (χ0n) is 41.0. The minimum atomic E-state index is -1.77. The van der Waals surface area contributed by atoms with Gasteiger partial charge in [-0.3, -0.25) is 4.79 Å². The van der Waals surface area contributed by atoms with Crippen LogP contribution in [-0.2, 0) is 42.7 Å². The molecule has 0 bridgehead atoms. The van der Waals surface area contributed by atoms with E-state index in [1.807, 2.05) is 0 Å². The van der Waals surface area contributed by atoms with E-state index in [2.05, 4.69) is 34.6 Å². The third-order valence-corrected chi connectivity index (χ3v) is 20.5. The van der Waals surface area contributed by atoms with Gasteiger partial charge in [0.2, 0.25) is 0 Å². The van der Waals surface area contributed by atoms with E-state index < -0.39 is 141 Å². The molecule has 5 saturated carbocycles. The maximum absolute atomic E-state index is 13.8. The van der Waals surface area contributed by atoms with Crippen LogP contribution in [0.25, 0.3) is 0 Å². The molecule has 20 heteroatoms. The van der Waals surface area contributed by atoms with Gasteiger partial charge in [0.25, 0.3) is 0 Å². The van der Waals surface area contributed by atoms with E-state index in [0.717, 1.165) is 38.5 Å².